The standard InChI is InChI=1S/C6H11N3OS/c1-5(7)2-11-3-6-8-4-10-9-6/h4-5H,2-3,7H2,1H3. The average Bonchev–Trinajstić information content (AvgIpc) is 2.39. The van der Waals surface area contributed by atoms with Crippen molar-refractivity contribution < 1.29 is 4.52 Å². The Balaban J connectivity index is 2.14. The first-order chi connectivity index (χ1) is 5.29. The molecule has 1 heterocycles. The highest BCUT2D eigenvalue weighted by Crippen LogP contribution is 2.07. The third kappa shape index (κ3) is 3.38. The van der Waals surface area contributed by atoms with Gasteiger partial charge < -0.3 is 10.3 Å². The van der Waals surface area contributed by atoms with Gasteiger partial charge in [0.2, 0.25) is 6.39 Å². The summed E-state index contributed by atoms with van der Waals surface area (Å²) in [5, 5.41) is 3.67. The first-order valence-electron chi connectivity index (χ1n) is 3.37. The molecule has 0 saturated heterocycles. The Labute approximate surface area is 69.5 Å². The van der Waals surface area contributed by atoms with Crippen molar-refractivity contribution in [2.45, 2.75) is 18.7 Å². The maximum absolute atomic E-state index is 5.55. The van der Waals surface area contributed by atoms with Crippen LogP contribution in [0.2, 0.25) is 0 Å². The van der Waals surface area contributed by atoms with Crippen LogP contribution in [0.1, 0.15) is 12.7 Å². The van der Waals surface area contributed by atoms with Crippen molar-refractivity contribution in [1.29, 1.82) is 0 Å². The third-order valence-electron chi connectivity index (χ3n) is 1.02. The normalized spacial score (nSPS) is 13.3. The summed E-state index contributed by atoms with van der Waals surface area (Å²) in [5.41, 5.74) is 5.55. The first kappa shape index (κ1) is 8.55. The lowest BCUT2D eigenvalue weighted by atomic mass is 10.4. The van der Waals surface area contributed by atoms with Gasteiger partial charge in [-0.25, -0.2) is 0 Å². The Bertz CT molecular complexity index is 188. The minimum absolute atomic E-state index is 0.229. The van der Waals surface area contributed by atoms with Crippen LogP contribution in [0.3, 0.4) is 0 Å². The maximum atomic E-state index is 5.55. The smallest absolute Gasteiger partial charge is 0.213 e. The predicted octanol–water partition coefficient (Wildman–Crippen LogP) is 0.650. The van der Waals surface area contributed by atoms with Crippen LogP contribution >= 0.6 is 11.8 Å². The molecule has 11 heavy (non-hydrogen) atoms. The minimum atomic E-state index is 0.229. The van der Waals surface area contributed by atoms with E-state index in [2.05, 4.69) is 14.7 Å². The van der Waals surface area contributed by atoms with E-state index in [9.17, 15) is 0 Å². The topological polar surface area (TPSA) is 64.9 Å². The molecule has 0 bridgehead atoms. The lowest BCUT2D eigenvalue weighted by molar-refractivity contribution is 0.412. The van der Waals surface area contributed by atoms with E-state index < -0.39 is 0 Å². The minimum Gasteiger partial charge on any atom is -0.343 e. The van der Waals surface area contributed by atoms with Gasteiger partial charge in [-0.1, -0.05) is 5.16 Å². The fraction of sp³-hybridized carbons (Fsp3) is 0.667. The van der Waals surface area contributed by atoms with Crippen molar-refractivity contribution in [2.24, 2.45) is 5.73 Å². The SMILES string of the molecule is CC(N)CSCc1ncon1. The van der Waals surface area contributed by atoms with Gasteiger partial charge in [-0.2, -0.15) is 16.7 Å². The number of rotatable bonds is 4. The molecule has 0 amide bonds. The molecular weight excluding hydrogens is 162 g/mol. The van der Waals surface area contributed by atoms with E-state index in [4.69, 9.17) is 5.73 Å². The van der Waals surface area contributed by atoms with Crippen LogP contribution in [0, 0.1) is 0 Å². The Morgan fingerprint density at radius 3 is 3.18 bits per heavy atom. The van der Waals surface area contributed by atoms with Crippen molar-refractivity contribution in [1.82, 2.24) is 10.1 Å². The molecule has 1 aromatic rings. The second-order valence-electron chi connectivity index (χ2n) is 2.34. The molecule has 0 fully saturated rings. The molecule has 0 radical (unpaired) electrons. The highest BCUT2D eigenvalue weighted by molar-refractivity contribution is 7.98. The number of hydrogen-bond donors (Lipinski definition) is 1. The van der Waals surface area contributed by atoms with E-state index in [0.717, 1.165) is 17.3 Å². The van der Waals surface area contributed by atoms with E-state index >= 15 is 0 Å². The van der Waals surface area contributed by atoms with Crippen LogP contribution in [0.25, 0.3) is 0 Å². The zero-order chi connectivity index (χ0) is 8.10. The fourth-order valence-corrected chi connectivity index (χ4v) is 1.39. The van der Waals surface area contributed by atoms with Gasteiger partial charge in [0.1, 0.15) is 0 Å². The first-order valence-corrected chi connectivity index (χ1v) is 4.53. The maximum Gasteiger partial charge on any atom is 0.213 e. The van der Waals surface area contributed by atoms with Crippen LogP contribution in [0.15, 0.2) is 10.9 Å². The molecule has 1 unspecified atom stereocenters. The molecule has 0 aliphatic rings. The van der Waals surface area contributed by atoms with Gasteiger partial charge >= 0.3 is 0 Å². The van der Waals surface area contributed by atoms with Gasteiger partial charge in [0.15, 0.2) is 5.82 Å². The molecule has 1 atom stereocenters. The van der Waals surface area contributed by atoms with Crippen molar-refractivity contribution in [3.8, 4) is 0 Å². The van der Waals surface area contributed by atoms with Gasteiger partial charge in [0.05, 0.1) is 5.75 Å². The summed E-state index contributed by atoms with van der Waals surface area (Å²) < 4.78 is 4.57. The third-order valence-corrected chi connectivity index (χ3v) is 2.24. The Hall–Kier alpha value is -0.550. The molecular formula is C6H11N3OS. The molecule has 0 aliphatic heterocycles. The quantitative estimate of drug-likeness (QED) is 0.724. The van der Waals surface area contributed by atoms with Gasteiger partial charge in [-0.15, -0.1) is 0 Å². The van der Waals surface area contributed by atoms with E-state index in [0.29, 0.717) is 0 Å². The van der Waals surface area contributed by atoms with Crippen LogP contribution < -0.4 is 5.73 Å². The molecule has 0 aromatic carbocycles. The number of aromatic nitrogens is 2. The van der Waals surface area contributed by atoms with Gasteiger partial charge in [-0.3, -0.25) is 0 Å². The summed E-state index contributed by atoms with van der Waals surface area (Å²) in [4.78, 5) is 3.87. The molecule has 1 aromatic heterocycles. The Kier molecular flexibility index (Phi) is 3.38. The van der Waals surface area contributed by atoms with Crippen LogP contribution in [0.4, 0.5) is 0 Å². The van der Waals surface area contributed by atoms with Crippen LogP contribution in [-0.2, 0) is 5.75 Å². The Morgan fingerprint density at radius 1 is 1.82 bits per heavy atom. The summed E-state index contributed by atoms with van der Waals surface area (Å²) in [6, 6.07) is 0.229. The van der Waals surface area contributed by atoms with Crippen molar-refractivity contribution in [3.05, 3.63) is 12.2 Å². The highest BCUT2D eigenvalue weighted by Gasteiger charge is 1.99. The number of nitrogens with zero attached hydrogens (tertiary/aromatic N) is 2. The van der Waals surface area contributed by atoms with E-state index in [1.165, 1.54) is 6.39 Å². The van der Waals surface area contributed by atoms with Crippen molar-refractivity contribution in [3.63, 3.8) is 0 Å². The van der Waals surface area contributed by atoms with Gasteiger partial charge in [0.25, 0.3) is 0 Å². The van der Waals surface area contributed by atoms with Crippen LogP contribution in [0.5, 0.6) is 0 Å². The number of hydrogen-bond acceptors (Lipinski definition) is 5. The summed E-state index contributed by atoms with van der Waals surface area (Å²) in [7, 11) is 0. The Morgan fingerprint density at radius 2 is 2.64 bits per heavy atom. The second kappa shape index (κ2) is 4.35. The molecule has 4 nitrogen and oxygen atoms in total. The molecule has 0 saturated carbocycles. The summed E-state index contributed by atoms with van der Waals surface area (Å²) in [6.45, 7) is 1.98. The second-order valence-corrected chi connectivity index (χ2v) is 3.37. The van der Waals surface area contributed by atoms with Crippen molar-refractivity contribution >= 4 is 11.8 Å². The highest BCUT2D eigenvalue weighted by atomic mass is 32.2. The average molecular weight is 173 g/mol. The zero-order valence-corrected chi connectivity index (χ0v) is 7.17. The number of nitrogens with two attached hydrogens (primary N) is 1. The molecule has 0 aliphatic carbocycles. The molecule has 1 rings (SSSR count). The zero-order valence-electron chi connectivity index (χ0n) is 6.36. The van der Waals surface area contributed by atoms with Gasteiger partial charge in [0, 0.05) is 11.8 Å². The molecule has 0 spiro atoms. The van der Waals surface area contributed by atoms with E-state index in [1.807, 2.05) is 6.92 Å². The van der Waals surface area contributed by atoms with Gasteiger partial charge in [-0.05, 0) is 6.92 Å². The summed E-state index contributed by atoms with van der Waals surface area (Å²) in [6.07, 6.45) is 1.34. The monoisotopic (exact) mass is 173 g/mol. The van der Waals surface area contributed by atoms with E-state index in [-0.39, 0.29) is 6.04 Å². The summed E-state index contributed by atoms with van der Waals surface area (Å²) >= 11 is 1.71. The summed E-state index contributed by atoms with van der Waals surface area (Å²) in [5.74, 6) is 2.43. The largest absolute Gasteiger partial charge is 0.343 e. The molecule has 2 N–H and O–H groups in total. The van der Waals surface area contributed by atoms with Crippen LogP contribution in [-0.4, -0.2) is 21.9 Å². The lowest BCUT2D eigenvalue weighted by Crippen LogP contribution is -2.17. The molecule has 62 valence electrons. The number of thioether (sulfide) groups is 1. The predicted molar refractivity (Wildman–Crippen MR) is 44.1 cm³/mol. The fourth-order valence-electron chi connectivity index (χ4n) is 0.592. The van der Waals surface area contributed by atoms with Crippen molar-refractivity contribution in [2.75, 3.05) is 5.75 Å². The lowest BCUT2D eigenvalue weighted by Gasteiger charge is -2.00. The molecule has 5 heteroatoms. The van der Waals surface area contributed by atoms with E-state index in [1.54, 1.807) is 11.8 Å².